The highest BCUT2D eigenvalue weighted by molar-refractivity contribution is 5.85. The van der Waals surface area contributed by atoms with Crippen LogP contribution in [-0.4, -0.2) is 43.2 Å². The summed E-state index contributed by atoms with van der Waals surface area (Å²) in [5, 5.41) is 0. The topological polar surface area (TPSA) is 55.6 Å². The summed E-state index contributed by atoms with van der Waals surface area (Å²) in [5.41, 5.74) is 6.10. The predicted molar refractivity (Wildman–Crippen MR) is 96.8 cm³/mol. The van der Waals surface area contributed by atoms with Gasteiger partial charge in [0.2, 0.25) is 5.91 Å². The molecule has 2 N–H and O–H groups in total. The fourth-order valence-corrected chi connectivity index (χ4v) is 3.79. The molecule has 0 aromatic heterocycles. The van der Waals surface area contributed by atoms with Gasteiger partial charge in [0.25, 0.3) is 0 Å². The van der Waals surface area contributed by atoms with Gasteiger partial charge in [-0.05, 0) is 43.6 Å². The highest BCUT2D eigenvalue weighted by atomic mass is 35.5. The molecule has 5 heteroatoms. The first kappa shape index (κ1) is 20.7. The van der Waals surface area contributed by atoms with E-state index in [4.69, 9.17) is 10.5 Å². The summed E-state index contributed by atoms with van der Waals surface area (Å²) in [6.07, 6.45) is 8.97. The largest absolute Gasteiger partial charge is 0.378 e. The van der Waals surface area contributed by atoms with Gasteiger partial charge in [-0.15, -0.1) is 12.4 Å². The van der Waals surface area contributed by atoms with Gasteiger partial charge in [0, 0.05) is 26.1 Å². The van der Waals surface area contributed by atoms with Crippen molar-refractivity contribution in [2.45, 2.75) is 71.3 Å². The van der Waals surface area contributed by atoms with Gasteiger partial charge >= 0.3 is 0 Å². The number of hydrogen-bond donors (Lipinski definition) is 1. The molecule has 136 valence electrons. The third-order valence-electron chi connectivity index (χ3n) is 5.33. The zero-order valence-corrected chi connectivity index (χ0v) is 15.7. The van der Waals surface area contributed by atoms with Crippen LogP contribution in [0, 0.1) is 11.3 Å². The van der Waals surface area contributed by atoms with Gasteiger partial charge in [-0.3, -0.25) is 4.79 Å². The number of carbonyl (C=O) groups excluding carboxylic acids is 1. The predicted octanol–water partition coefficient (Wildman–Crippen LogP) is 3.37. The smallest absolute Gasteiger partial charge is 0.223 e. The second-order valence-corrected chi connectivity index (χ2v) is 7.75. The summed E-state index contributed by atoms with van der Waals surface area (Å²) in [6, 6.07) is 0. The molecule has 0 spiro atoms. The maximum Gasteiger partial charge on any atom is 0.223 e. The maximum absolute atomic E-state index is 12.6. The Kier molecular flexibility index (Phi) is 8.88. The van der Waals surface area contributed by atoms with E-state index >= 15 is 0 Å². The molecule has 2 aliphatic rings. The van der Waals surface area contributed by atoms with Gasteiger partial charge in [-0.2, -0.15) is 0 Å². The van der Waals surface area contributed by atoms with Crippen LogP contribution in [0.1, 0.15) is 65.2 Å². The second kappa shape index (κ2) is 9.85. The van der Waals surface area contributed by atoms with E-state index in [9.17, 15) is 4.79 Å². The van der Waals surface area contributed by atoms with Gasteiger partial charge in [-0.1, -0.05) is 33.1 Å². The Bertz CT molecular complexity index is 349. The van der Waals surface area contributed by atoms with Crippen molar-refractivity contribution in [1.29, 1.82) is 0 Å². The zero-order chi connectivity index (χ0) is 16.0. The Morgan fingerprint density at radius 1 is 1.22 bits per heavy atom. The van der Waals surface area contributed by atoms with Gasteiger partial charge in [-0.25, -0.2) is 0 Å². The van der Waals surface area contributed by atoms with Crippen molar-refractivity contribution in [2.24, 2.45) is 17.1 Å². The second-order valence-electron chi connectivity index (χ2n) is 7.75. The number of piperidine rings is 1. The van der Waals surface area contributed by atoms with Crippen molar-refractivity contribution >= 4 is 18.3 Å². The lowest BCUT2D eigenvalue weighted by Crippen LogP contribution is -2.45. The van der Waals surface area contributed by atoms with Gasteiger partial charge in [0.15, 0.2) is 0 Å². The van der Waals surface area contributed by atoms with Crippen molar-refractivity contribution in [3.63, 3.8) is 0 Å². The number of likely N-dealkylation sites (tertiary alicyclic amines) is 1. The molecule has 1 aliphatic heterocycles. The number of halogens is 1. The first-order chi connectivity index (χ1) is 10.5. The Labute approximate surface area is 147 Å². The summed E-state index contributed by atoms with van der Waals surface area (Å²) in [7, 11) is 0. The molecule has 0 radical (unpaired) electrons. The molecular weight excluding hydrogens is 312 g/mol. The van der Waals surface area contributed by atoms with E-state index in [1.807, 2.05) is 4.90 Å². The van der Waals surface area contributed by atoms with Crippen molar-refractivity contribution in [2.75, 3.05) is 26.2 Å². The number of nitrogens with two attached hydrogens (primary N) is 1. The lowest BCUT2D eigenvalue weighted by molar-refractivity contribution is -0.137. The summed E-state index contributed by atoms with van der Waals surface area (Å²) >= 11 is 0. The Morgan fingerprint density at radius 2 is 1.83 bits per heavy atom. The quantitative estimate of drug-likeness (QED) is 0.802. The highest BCUT2D eigenvalue weighted by Crippen LogP contribution is 2.39. The first-order valence-electron chi connectivity index (χ1n) is 9.14. The molecule has 0 unspecified atom stereocenters. The van der Waals surface area contributed by atoms with E-state index in [1.54, 1.807) is 0 Å². The molecule has 0 aromatic carbocycles. The monoisotopic (exact) mass is 346 g/mol. The molecule has 1 heterocycles. The molecule has 1 aliphatic carbocycles. The Morgan fingerprint density at radius 3 is 2.35 bits per heavy atom. The third kappa shape index (κ3) is 6.24. The minimum atomic E-state index is 0. The molecule has 23 heavy (non-hydrogen) atoms. The van der Waals surface area contributed by atoms with Gasteiger partial charge in [0.05, 0.1) is 6.10 Å². The highest BCUT2D eigenvalue weighted by Gasteiger charge is 2.35. The summed E-state index contributed by atoms with van der Waals surface area (Å²) in [6.45, 7) is 7.54. The van der Waals surface area contributed by atoms with Crippen molar-refractivity contribution < 1.29 is 9.53 Å². The molecule has 0 bridgehead atoms. The van der Waals surface area contributed by atoms with Crippen molar-refractivity contribution in [1.82, 2.24) is 4.90 Å². The summed E-state index contributed by atoms with van der Waals surface area (Å²) < 4.78 is 5.91. The molecule has 2 fully saturated rings. The summed E-state index contributed by atoms with van der Waals surface area (Å²) in [4.78, 5) is 14.7. The first-order valence-corrected chi connectivity index (χ1v) is 9.14. The lowest BCUT2D eigenvalue weighted by atomic mass is 9.71. The Hall–Kier alpha value is -0.320. The molecule has 2 rings (SSSR count). The Balaban J connectivity index is 0.00000264. The van der Waals surface area contributed by atoms with Crippen LogP contribution in [0.2, 0.25) is 0 Å². The fraction of sp³-hybridized carbons (Fsp3) is 0.944. The molecule has 1 amide bonds. The van der Waals surface area contributed by atoms with Crippen LogP contribution in [-0.2, 0) is 9.53 Å². The van der Waals surface area contributed by atoms with E-state index in [2.05, 4.69) is 13.8 Å². The third-order valence-corrected chi connectivity index (χ3v) is 5.33. The molecule has 0 aromatic rings. The maximum atomic E-state index is 12.6. The standard InChI is InChI=1S/C18H34N2O2.ClH/c1-15(2)13-22-16-6-10-20(11-7-16)17(21)12-18(14-19)8-4-3-5-9-18;/h15-16H,3-14,19H2,1-2H3;1H. The van der Waals surface area contributed by atoms with E-state index in [0.717, 1.165) is 45.4 Å². The zero-order valence-electron chi connectivity index (χ0n) is 14.9. The molecular formula is C18H35ClN2O2. The average Bonchev–Trinajstić information content (AvgIpc) is 2.54. The van der Waals surface area contributed by atoms with Crippen LogP contribution in [0.3, 0.4) is 0 Å². The molecule has 1 saturated carbocycles. The van der Waals surface area contributed by atoms with Crippen molar-refractivity contribution in [3.8, 4) is 0 Å². The number of nitrogens with zero attached hydrogens (tertiary/aromatic N) is 1. The molecule has 0 atom stereocenters. The van der Waals surface area contributed by atoms with E-state index < -0.39 is 0 Å². The van der Waals surface area contributed by atoms with E-state index in [1.165, 1.54) is 19.3 Å². The van der Waals surface area contributed by atoms with E-state index in [-0.39, 0.29) is 17.8 Å². The normalized spacial score (nSPS) is 22.0. The molecule has 1 saturated heterocycles. The van der Waals surface area contributed by atoms with Crippen LogP contribution < -0.4 is 5.73 Å². The van der Waals surface area contributed by atoms with Gasteiger partial charge < -0.3 is 15.4 Å². The van der Waals surface area contributed by atoms with Gasteiger partial charge in [0.1, 0.15) is 0 Å². The van der Waals surface area contributed by atoms with Crippen LogP contribution in [0.5, 0.6) is 0 Å². The fourth-order valence-electron chi connectivity index (χ4n) is 3.79. The molecule has 4 nitrogen and oxygen atoms in total. The SMILES string of the molecule is CC(C)COC1CCN(C(=O)CC2(CN)CCCCC2)CC1.Cl. The number of amides is 1. The summed E-state index contributed by atoms with van der Waals surface area (Å²) in [5.74, 6) is 0.894. The van der Waals surface area contributed by atoms with Crippen LogP contribution in [0.25, 0.3) is 0 Å². The van der Waals surface area contributed by atoms with Crippen LogP contribution in [0.4, 0.5) is 0 Å². The minimum Gasteiger partial charge on any atom is -0.378 e. The minimum absolute atomic E-state index is 0. The number of carbonyl (C=O) groups is 1. The number of rotatable bonds is 6. The van der Waals surface area contributed by atoms with Crippen LogP contribution >= 0.6 is 12.4 Å². The van der Waals surface area contributed by atoms with E-state index in [0.29, 0.717) is 30.9 Å². The average molecular weight is 347 g/mol. The lowest BCUT2D eigenvalue weighted by Gasteiger charge is -2.39. The number of hydrogen-bond acceptors (Lipinski definition) is 3. The number of ether oxygens (including phenoxy) is 1. The van der Waals surface area contributed by atoms with Crippen molar-refractivity contribution in [3.05, 3.63) is 0 Å². The van der Waals surface area contributed by atoms with Crippen LogP contribution in [0.15, 0.2) is 0 Å².